The van der Waals surface area contributed by atoms with E-state index in [4.69, 9.17) is 11.6 Å². The number of fused-ring (bicyclic) bond motifs is 1. The van der Waals surface area contributed by atoms with E-state index in [0.29, 0.717) is 16.9 Å². The maximum Gasteiger partial charge on any atom is 0.255 e. The lowest BCUT2D eigenvalue weighted by Crippen LogP contribution is -2.55. The Bertz CT molecular complexity index is 1100. The predicted molar refractivity (Wildman–Crippen MR) is 117 cm³/mol. The van der Waals surface area contributed by atoms with Gasteiger partial charge in [0.1, 0.15) is 11.5 Å². The first-order valence-electron chi connectivity index (χ1n) is 9.83. The molecular formula is C22H20ClFN4O3. The SMILES string of the molecule is O=C(/C=C/C(=O)Nc1ccc2c(c1)C(=O)NC1(CCCC1)N2)Nc1ccc(F)c(Cl)c1. The van der Waals surface area contributed by atoms with E-state index in [1.54, 1.807) is 18.2 Å². The van der Waals surface area contributed by atoms with Crippen molar-refractivity contribution in [3.8, 4) is 0 Å². The molecule has 1 spiro atoms. The van der Waals surface area contributed by atoms with Crippen molar-refractivity contribution in [2.24, 2.45) is 0 Å². The third-order valence-electron chi connectivity index (χ3n) is 5.29. The average molecular weight is 443 g/mol. The van der Waals surface area contributed by atoms with Crippen LogP contribution in [-0.2, 0) is 9.59 Å². The van der Waals surface area contributed by atoms with Crippen molar-refractivity contribution in [1.82, 2.24) is 5.32 Å². The predicted octanol–water partition coefficient (Wildman–Crippen LogP) is 4.04. The van der Waals surface area contributed by atoms with Crippen molar-refractivity contribution in [1.29, 1.82) is 0 Å². The molecule has 9 heteroatoms. The summed E-state index contributed by atoms with van der Waals surface area (Å²) in [6.45, 7) is 0. The second-order valence-corrected chi connectivity index (χ2v) is 7.98. The van der Waals surface area contributed by atoms with Crippen LogP contribution in [0, 0.1) is 5.82 Å². The summed E-state index contributed by atoms with van der Waals surface area (Å²) >= 11 is 5.67. The Morgan fingerprint density at radius 3 is 2.23 bits per heavy atom. The van der Waals surface area contributed by atoms with Gasteiger partial charge in [0.25, 0.3) is 5.91 Å². The Morgan fingerprint density at radius 2 is 1.58 bits per heavy atom. The molecule has 1 saturated carbocycles. The molecule has 0 aromatic heterocycles. The fourth-order valence-corrected chi connectivity index (χ4v) is 3.99. The number of carbonyl (C=O) groups excluding carboxylic acids is 3. The summed E-state index contributed by atoms with van der Waals surface area (Å²) < 4.78 is 13.2. The minimum Gasteiger partial charge on any atom is -0.362 e. The largest absolute Gasteiger partial charge is 0.362 e. The van der Waals surface area contributed by atoms with E-state index < -0.39 is 17.6 Å². The van der Waals surface area contributed by atoms with Crippen LogP contribution in [0.4, 0.5) is 21.5 Å². The van der Waals surface area contributed by atoms with Crippen LogP contribution < -0.4 is 21.3 Å². The van der Waals surface area contributed by atoms with Crippen molar-refractivity contribution < 1.29 is 18.8 Å². The first-order chi connectivity index (χ1) is 14.8. The standard InChI is InChI=1S/C22H20ClFN4O3/c23-16-12-14(3-5-17(16)24)26-20(30)8-7-19(29)25-13-4-6-18-15(11-13)21(31)28-22(27-18)9-1-2-10-22/h3-8,11-12,27H,1-2,9-10H2,(H,25,29)(H,26,30)(H,28,31)/b8-7+. The zero-order valence-electron chi connectivity index (χ0n) is 16.4. The maximum absolute atomic E-state index is 13.2. The lowest BCUT2D eigenvalue weighted by molar-refractivity contribution is -0.114. The summed E-state index contributed by atoms with van der Waals surface area (Å²) in [4.78, 5) is 36.7. The molecule has 0 radical (unpaired) electrons. The molecule has 2 aliphatic rings. The van der Waals surface area contributed by atoms with Gasteiger partial charge in [0.05, 0.1) is 10.6 Å². The van der Waals surface area contributed by atoms with Gasteiger partial charge in [-0.25, -0.2) is 4.39 Å². The Balaban J connectivity index is 1.37. The zero-order valence-corrected chi connectivity index (χ0v) is 17.2. The fourth-order valence-electron chi connectivity index (χ4n) is 3.81. The molecule has 4 N–H and O–H groups in total. The quantitative estimate of drug-likeness (QED) is 0.537. The molecule has 4 rings (SSSR count). The van der Waals surface area contributed by atoms with E-state index in [-0.39, 0.29) is 16.6 Å². The maximum atomic E-state index is 13.2. The molecule has 0 unspecified atom stereocenters. The number of hydrogen-bond acceptors (Lipinski definition) is 4. The van der Waals surface area contributed by atoms with Crippen LogP contribution in [0.25, 0.3) is 0 Å². The molecule has 31 heavy (non-hydrogen) atoms. The Hall–Kier alpha value is -3.39. The molecule has 0 saturated heterocycles. The molecule has 1 aliphatic heterocycles. The van der Waals surface area contributed by atoms with E-state index in [1.165, 1.54) is 12.1 Å². The van der Waals surface area contributed by atoms with Crippen molar-refractivity contribution in [2.45, 2.75) is 31.3 Å². The van der Waals surface area contributed by atoms with E-state index in [0.717, 1.165) is 49.6 Å². The van der Waals surface area contributed by atoms with Crippen molar-refractivity contribution in [2.75, 3.05) is 16.0 Å². The third-order valence-corrected chi connectivity index (χ3v) is 5.58. The lowest BCUT2D eigenvalue weighted by atomic mass is 10.0. The smallest absolute Gasteiger partial charge is 0.255 e. The molecule has 7 nitrogen and oxygen atoms in total. The van der Waals surface area contributed by atoms with Crippen LogP contribution in [-0.4, -0.2) is 23.4 Å². The van der Waals surface area contributed by atoms with E-state index in [2.05, 4.69) is 21.3 Å². The van der Waals surface area contributed by atoms with Crippen molar-refractivity contribution in [3.05, 3.63) is 65.0 Å². The molecule has 0 bridgehead atoms. The van der Waals surface area contributed by atoms with Gasteiger partial charge >= 0.3 is 0 Å². The number of nitrogens with one attached hydrogen (secondary N) is 4. The highest BCUT2D eigenvalue weighted by atomic mass is 35.5. The van der Waals surface area contributed by atoms with Gasteiger partial charge in [0.15, 0.2) is 0 Å². The molecule has 1 aliphatic carbocycles. The second-order valence-electron chi connectivity index (χ2n) is 7.57. The molecule has 0 atom stereocenters. The summed E-state index contributed by atoms with van der Waals surface area (Å²) in [6.07, 6.45) is 5.99. The fraction of sp³-hybridized carbons (Fsp3) is 0.227. The third kappa shape index (κ3) is 4.69. The van der Waals surface area contributed by atoms with Crippen LogP contribution in [0.5, 0.6) is 0 Å². The summed E-state index contributed by atoms with van der Waals surface area (Å²) in [6, 6.07) is 8.80. The van der Waals surface area contributed by atoms with Crippen molar-refractivity contribution in [3.63, 3.8) is 0 Å². The highest BCUT2D eigenvalue weighted by Gasteiger charge is 2.39. The first-order valence-corrected chi connectivity index (χ1v) is 10.2. The number of benzene rings is 2. The van der Waals surface area contributed by atoms with E-state index >= 15 is 0 Å². The van der Waals surface area contributed by atoms with Crippen LogP contribution in [0.1, 0.15) is 36.0 Å². The summed E-state index contributed by atoms with van der Waals surface area (Å²) in [5.74, 6) is -1.89. The summed E-state index contributed by atoms with van der Waals surface area (Å²) in [7, 11) is 0. The van der Waals surface area contributed by atoms with Crippen LogP contribution in [0.2, 0.25) is 5.02 Å². The van der Waals surface area contributed by atoms with E-state index in [9.17, 15) is 18.8 Å². The number of hydrogen-bond donors (Lipinski definition) is 4. The normalized spacial score (nSPS) is 16.5. The first kappa shape index (κ1) is 20.9. The molecular weight excluding hydrogens is 423 g/mol. The van der Waals surface area contributed by atoms with Gasteiger partial charge in [-0.1, -0.05) is 11.6 Å². The molecule has 160 valence electrons. The second kappa shape index (κ2) is 8.39. The molecule has 2 aromatic carbocycles. The number of anilines is 3. The highest BCUT2D eigenvalue weighted by molar-refractivity contribution is 6.31. The molecule has 1 fully saturated rings. The van der Waals surface area contributed by atoms with Gasteiger partial charge in [-0.05, 0) is 62.1 Å². The number of carbonyl (C=O) groups is 3. The monoisotopic (exact) mass is 442 g/mol. The molecule has 1 heterocycles. The van der Waals surface area contributed by atoms with Crippen LogP contribution >= 0.6 is 11.6 Å². The Morgan fingerprint density at radius 1 is 0.968 bits per heavy atom. The van der Waals surface area contributed by atoms with Gasteiger partial charge < -0.3 is 21.3 Å². The Kier molecular flexibility index (Phi) is 5.65. The lowest BCUT2D eigenvalue weighted by Gasteiger charge is -2.37. The summed E-state index contributed by atoms with van der Waals surface area (Å²) in [5, 5.41) is 11.4. The van der Waals surface area contributed by atoms with Gasteiger partial charge in [0, 0.05) is 29.2 Å². The number of halogens is 2. The van der Waals surface area contributed by atoms with Gasteiger partial charge in [-0.3, -0.25) is 14.4 Å². The zero-order chi connectivity index (χ0) is 22.0. The topological polar surface area (TPSA) is 99.3 Å². The van der Waals surface area contributed by atoms with Crippen LogP contribution in [0.15, 0.2) is 48.6 Å². The molecule has 2 aromatic rings. The van der Waals surface area contributed by atoms with Gasteiger partial charge in [0.2, 0.25) is 11.8 Å². The van der Waals surface area contributed by atoms with Gasteiger partial charge in [-0.2, -0.15) is 0 Å². The molecule has 3 amide bonds. The summed E-state index contributed by atoms with van der Waals surface area (Å²) in [5.41, 5.74) is 1.54. The average Bonchev–Trinajstić information content (AvgIpc) is 3.17. The number of amides is 3. The minimum atomic E-state index is -0.595. The van der Waals surface area contributed by atoms with E-state index in [1.807, 2.05) is 0 Å². The Labute approximate surface area is 183 Å². The highest BCUT2D eigenvalue weighted by Crippen LogP contribution is 2.36. The van der Waals surface area contributed by atoms with Crippen LogP contribution in [0.3, 0.4) is 0 Å². The van der Waals surface area contributed by atoms with Gasteiger partial charge in [-0.15, -0.1) is 0 Å². The number of rotatable bonds is 4. The minimum absolute atomic E-state index is 0.121. The van der Waals surface area contributed by atoms with Crippen molar-refractivity contribution >= 4 is 46.4 Å².